The molecule has 0 N–H and O–H groups in total. The summed E-state index contributed by atoms with van der Waals surface area (Å²) in [4.78, 5) is 27.0. The normalized spacial score (nSPS) is 49.1. The molecule has 1 heterocycles. The first kappa shape index (κ1) is 18.3. The number of carbonyl (C=O) groups is 2. The fraction of sp³-hybridized carbons (Fsp3) is 0.905. The molecular weight excluding hydrogens is 330 g/mol. The molecular formula is C21H33NO4. The van der Waals surface area contributed by atoms with Gasteiger partial charge >= 0.3 is 11.9 Å². The summed E-state index contributed by atoms with van der Waals surface area (Å²) in [6.07, 6.45) is 5.64. The topological polar surface area (TPSA) is 55.8 Å². The molecule has 0 radical (unpaired) electrons. The fourth-order valence-corrected chi connectivity index (χ4v) is 6.82. The number of hydrogen-bond acceptors (Lipinski definition) is 5. The standard InChI is InChI=1S/C21H33NO4/c1-6-15(23)26-20(3)9-10-21-12-19(21,2)8-7-13-14(11-22(4)5)18(24)25-16(13)17(20)21/h13-14,16-17H,6-12H2,1-5H3/t13-,14-,16-,17-,19-,20+,21-/m0/s1. The molecule has 0 amide bonds. The van der Waals surface area contributed by atoms with Crippen molar-refractivity contribution in [3.05, 3.63) is 0 Å². The third-order valence-electron chi connectivity index (χ3n) is 8.15. The van der Waals surface area contributed by atoms with Crippen molar-refractivity contribution < 1.29 is 19.1 Å². The molecule has 146 valence electrons. The van der Waals surface area contributed by atoms with Gasteiger partial charge in [0.15, 0.2) is 0 Å². The van der Waals surface area contributed by atoms with E-state index < -0.39 is 5.60 Å². The van der Waals surface area contributed by atoms with Gasteiger partial charge in [0.25, 0.3) is 0 Å². The molecule has 0 aromatic heterocycles. The Balaban J connectivity index is 1.70. The molecule has 1 aliphatic heterocycles. The van der Waals surface area contributed by atoms with Crippen LogP contribution in [0.25, 0.3) is 0 Å². The Kier molecular flexibility index (Phi) is 4.00. The van der Waals surface area contributed by atoms with E-state index in [4.69, 9.17) is 9.47 Å². The first-order valence-electron chi connectivity index (χ1n) is 10.2. The van der Waals surface area contributed by atoms with Crippen molar-refractivity contribution >= 4 is 11.9 Å². The average Bonchev–Trinajstić information content (AvgIpc) is 2.92. The number of carbonyl (C=O) groups excluding carboxylic acids is 2. The van der Waals surface area contributed by atoms with Crippen LogP contribution >= 0.6 is 0 Å². The van der Waals surface area contributed by atoms with Crippen LogP contribution in [0.1, 0.15) is 59.3 Å². The van der Waals surface area contributed by atoms with Crippen molar-refractivity contribution in [2.24, 2.45) is 28.6 Å². The zero-order valence-electron chi connectivity index (χ0n) is 16.8. The first-order chi connectivity index (χ1) is 12.2. The van der Waals surface area contributed by atoms with Crippen molar-refractivity contribution in [1.82, 2.24) is 4.90 Å². The predicted octanol–water partition coefficient (Wildman–Crippen LogP) is 3.02. The Morgan fingerprint density at radius 2 is 2.00 bits per heavy atom. The highest BCUT2D eigenvalue weighted by Crippen LogP contribution is 2.80. The van der Waals surface area contributed by atoms with Crippen LogP contribution in [0.4, 0.5) is 0 Å². The molecule has 1 saturated heterocycles. The lowest BCUT2D eigenvalue weighted by atomic mass is 9.73. The van der Waals surface area contributed by atoms with E-state index in [1.807, 2.05) is 21.0 Å². The van der Waals surface area contributed by atoms with E-state index in [2.05, 4.69) is 18.7 Å². The molecule has 1 spiro atoms. The van der Waals surface area contributed by atoms with Crippen LogP contribution in [0, 0.1) is 28.6 Å². The quantitative estimate of drug-likeness (QED) is 0.719. The molecule has 7 atom stereocenters. The Labute approximate surface area is 156 Å². The fourth-order valence-electron chi connectivity index (χ4n) is 6.82. The van der Waals surface area contributed by atoms with Crippen LogP contribution in [0.5, 0.6) is 0 Å². The summed E-state index contributed by atoms with van der Waals surface area (Å²) < 4.78 is 12.1. The molecule has 4 fully saturated rings. The van der Waals surface area contributed by atoms with Crippen LogP contribution in [0.2, 0.25) is 0 Å². The summed E-state index contributed by atoms with van der Waals surface area (Å²) >= 11 is 0. The summed E-state index contributed by atoms with van der Waals surface area (Å²) in [5, 5.41) is 0. The Bertz CT molecular complexity index is 634. The molecule has 5 nitrogen and oxygen atoms in total. The van der Waals surface area contributed by atoms with Gasteiger partial charge in [-0.2, -0.15) is 0 Å². The largest absolute Gasteiger partial charge is 0.461 e. The highest BCUT2D eigenvalue weighted by atomic mass is 16.6. The molecule has 4 rings (SSSR count). The molecule has 3 saturated carbocycles. The minimum Gasteiger partial charge on any atom is -0.461 e. The van der Waals surface area contributed by atoms with Gasteiger partial charge in [-0.15, -0.1) is 0 Å². The molecule has 3 aliphatic carbocycles. The zero-order valence-corrected chi connectivity index (χ0v) is 16.8. The smallest absolute Gasteiger partial charge is 0.310 e. The van der Waals surface area contributed by atoms with Gasteiger partial charge in [0, 0.05) is 24.8 Å². The van der Waals surface area contributed by atoms with E-state index in [-0.39, 0.29) is 41.2 Å². The molecule has 0 aromatic carbocycles. The highest BCUT2D eigenvalue weighted by Gasteiger charge is 2.78. The van der Waals surface area contributed by atoms with Crippen LogP contribution in [-0.2, 0) is 19.1 Å². The molecule has 4 aliphatic rings. The van der Waals surface area contributed by atoms with Crippen LogP contribution in [-0.4, -0.2) is 49.2 Å². The zero-order chi connectivity index (χ0) is 18.9. The maximum atomic E-state index is 12.7. The predicted molar refractivity (Wildman–Crippen MR) is 97.3 cm³/mol. The number of fused-ring (bicyclic) bond motifs is 2. The lowest BCUT2D eigenvalue weighted by Crippen LogP contribution is -2.47. The minimum atomic E-state index is -0.509. The van der Waals surface area contributed by atoms with Crippen LogP contribution < -0.4 is 0 Å². The van der Waals surface area contributed by atoms with Crippen molar-refractivity contribution in [3.63, 3.8) is 0 Å². The van der Waals surface area contributed by atoms with Gasteiger partial charge in [0.1, 0.15) is 11.7 Å². The van der Waals surface area contributed by atoms with Crippen molar-refractivity contribution in [3.8, 4) is 0 Å². The van der Waals surface area contributed by atoms with E-state index in [1.165, 1.54) is 6.42 Å². The summed E-state index contributed by atoms with van der Waals surface area (Å²) in [7, 11) is 4.03. The lowest BCUT2D eigenvalue weighted by Gasteiger charge is -2.39. The molecule has 0 bridgehead atoms. The van der Waals surface area contributed by atoms with Crippen molar-refractivity contribution in [2.75, 3.05) is 20.6 Å². The maximum Gasteiger partial charge on any atom is 0.310 e. The van der Waals surface area contributed by atoms with Gasteiger partial charge in [0.2, 0.25) is 0 Å². The van der Waals surface area contributed by atoms with Gasteiger partial charge in [-0.25, -0.2) is 0 Å². The molecule has 26 heavy (non-hydrogen) atoms. The number of rotatable bonds is 4. The van der Waals surface area contributed by atoms with Gasteiger partial charge < -0.3 is 14.4 Å². The summed E-state index contributed by atoms with van der Waals surface area (Å²) in [6, 6.07) is 0. The molecule has 5 heteroatoms. The minimum absolute atomic E-state index is 0.0517. The summed E-state index contributed by atoms with van der Waals surface area (Å²) in [5.74, 6) is 0.138. The first-order valence-corrected chi connectivity index (χ1v) is 10.2. The maximum absolute atomic E-state index is 12.7. The van der Waals surface area contributed by atoms with E-state index in [1.54, 1.807) is 0 Å². The van der Waals surface area contributed by atoms with Crippen molar-refractivity contribution in [1.29, 1.82) is 0 Å². The van der Waals surface area contributed by atoms with E-state index in [0.717, 1.165) is 32.2 Å². The molecule has 0 unspecified atom stereocenters. The van der Waals surface area contributed by atoms with E-state index in [9.17, 15) is 9.59 Å². The van der Waals surface area contributed by atoms with Crippen LogP contribution in [0.3, 0.4) is 0 Å². The number of nitrogens with zero attached hydrogens (tertiary/aromatic N) is 1. The van der Waals surface area contributed by atoms with Gasteiger partial charge in [-0.1, -0.05) is 13.8 Å². The number of hydrogen-bond donors (Lipinski definition) is 0. The van der Waals surface area contributed by atoms with Gasteiger partial charge in [-0.3, -0.25) is 9.59 Å². The Morgan fingerprint density at radius 1 is 1.27 bits per heavy atom. The third kappa shape index (κ3) is 2.38. The van der Waals surface area contributed by atoms with Crippen molar-refractivity contribution in [2.45, 2.75) is 71.0 Å². The Morgan fingerprint density at radius 3 is 2.65 bits per heavy atom. The van der Waals surface area contributed by atoms with Crippen LogP contribution in [0.15, 0.2) is 0 Å². The van der Waals surface area contributed by atoms with E-state index in [0.29, 0.717) is 11.8 Å². The SMILES string of the molecule is CCC(=O)O[C@]1(C)CC[C@@]23C[C@]2(C)CC[C@@H]2[C@H](OC(=O)[C@H]2CN(C)C)[C@H]31. The second-order valence-corrected chi connectivity index (χ2v) is 9.98. The summed E-state index contributed by atoms with van der Waals surface area (Å²) in [6.45, 7) is 7.07. The van der Waals surface area contributed by atoms with Gasteiger partial charge in [0.05, 0.1) is 5.92 Å². The third-order valence-corrected chi connectivity index (χ3v) is 8.15. The number of esters is 2. The number of ether oxygens (including phenoxy) is 2. The van der Waals surface area contributed by atoms with Gasteiger partial charge in [-0.05, 0) is 64.0 Å². The summed E-state index contributed by atoms with van der Waals surface area (Å²) in [5.41, 5.74) is -0.0126. The van der Waals surface area contributed by atoms with E-state index >= 15 is 0 Å². The molecule has 0 aromatic rings. The second-order valence-electron chi connectivity index (χ2n) is 9.98. The highest BCUT2D eigenvalue weighted by molar-refractivity contribution is 5.76. The second kappa shape index (κ2) is 5.70. The lowest BCUT2D eigenvalue weighted by molar-refractivity contribution is -0.171. The Hall–Kier alpha value is -1.10. The monoisotopic (exact) mass is 363 g/mol. The average molecular weight is 363 g/mol.